The second kappa shape index (κ2) is 16.0. The molecule has 0 saturated carbocycles. The van der Waals surface area contributed by atoms with Gasteiger partial charge >= 0.3 is 0 Å². The monoisotopic (exact) mass is 665 g/mol. The van der Waals surface area contributed by atoms with Crippen molar-refractivity contribution >= 4 is 23.5 Å². The van der Waals surface area contributed by atoms with E-state index in [1.807, 2.05) is 4.90 Å². The summed E-state index contributed by atoms with van der Waals surface area (Å²) in [7, 11) is 0. The molecular formula is C32H45ClFN5O7. The molecule has 3 saturated heterocycles. The van der Waals surface area contributed by atoms with Gasteiger partial charge in [0.05, 0.1) is 61.9 Å². The van der Waals surface area contributed by atoms with Gasteiger partial charge in [0.15, 0.2) is 0 Å². The molecule has 0 bridgehead atoms. The molecule has 254 valence electrons. The zero-order valence-corrected chi connectivity index (χ0v) is 26.8. The van der Waals surface area contributed by atoms with Gasteiger partial charge in [-0.1, -0.05) is 17.7 Å². The smallest absolute Gasteiger partial charge is 0.227 e. The van der Waals surface area contributed by atoms with E-state index in [2.05, 4.69) is 14.9 Å². The van der Waals surface area contributed by atoms with Crippen LogP contribution in [-0.2, 0) is 16.0 Å². The first-order chi connectivity index (χ1) is 22.1. The number of rotatable bonds is 13. The Hall–Kier alpha value is -2.65. The van der Waals surface area contributed by atoms with Crippen molar-refractivity contribution < 1.29 is 39.1 Å². The fourth-order valence-electron chi connectivity index (χ4n) is 6.61. The Labute approximate surface area is 273 Å². The number of aromatic nitrogens is 2. The Morgan fingerprint density at radius 1 is 1.11 bits per heavy atom. The summed E-state index contributed by atoms with van der Waals surface area (Å²) in [6, 6.07) is 4.66. The van der Waals surface area contributed by atoms with Gasteiger partial charge in [0.2, 0.25) is 11.9 Å². The number of amides is 1. The Morgan fingerprint density at radius 3 is 2.59 bits per heavy atom. The van der Waals surface area contributed by atoms with Gasteiger partial charge in [-0.25, -0.2) is 14.4 Å². The van der Waals surface area contributed by atoms with Crippen LogP contribution >= 0.6 is 11.6 Å². The number of carbonyl (C=O) groups excluding carboxylic acids is 1. The van der Waals surface area contributed by atoms with Crippen LogP contribution in [0.5, 0.6) is 5.75 Å². The molecule has 0 aliphatic carbocycles. The summed E-state index contributed by atoms with van der Waals surface area (Å²) in [4.78, 5) is 27.6. The maximum absolute atomic E-state index is 15.0. The molecule has 4 N–H and O–H groups in total. The van der Waals surface area contributed by atoms with E-state index in [9.17, 15) is 20.1 Å². The van der Waals surface area contributed by atoms with Gasteiger partial charge in [0.1, 0.15) is 23.8 Å². The number of β-amino-alcohol motifs (C(OH)–C–C–N with tert-alkyl or cyclic N) is 1. The predicted octanol–water partition coefficient (Wildman–Crippen LogP) is 1.27. The van der Waals surface area contributed by atoms with Crippen LogP contribution in [0.1, 0.15) is 37.7 Å². The quantitative estimate of drug-likeness (QED) is 0.229. The number of morpholine rings is 1. The number of aliphatic hydroxyl groups excluding tert-OH is 4. The fourth-order valence-corrected chi connectivity index (χ4v) is 6.71. The number of benzene rings is 1. The zero-order valence-electron chi connectivity index (χ0n) is 26.0. The molecule has 1 aromatic carbocycles. The van der Waals surface area contributed by atoms with Crippen LogP contribution in [0.2, 0.25) is 5.02 Å². The lowest BCUT2D eigenvalue weighted by Gasteiger charge is -2.40. The van der Waals surface area contributed by atoms with E-state index in [1.54, 1.807) is 29.4 Å². The van der Waals surface area contributed by atoms with E-state index in [4.69, 9.17) is 26.2 Å². The molecule has 0 radical (unpaired) electrons. The van der Waals surface area contributed by atoms with Crippen molar-refractivity contribution in [3.8, 4) is 5.75 Å². The van der Waals surface area contributed by atoms with E-state index in [0.717, 1.165) is 38.8 Å². The fraction of sp³-hybridized carbons (Fsp3) is 0.656. The molecule has 3 fully saturated rings. The first-order valence-corrected chi connectivity index (χ1v) is 16.5. The van der Waals surface area contributed by atoms with E-state index in [0.29, 0.717) is 74.0 Å². The van der Waals surface area contributed by atoms with Crippen molar-refractivity contribution in [3.05, 3.63) is 47.0 Å². The van der Waals surface area contributed by atoms with Crippen LogP contribution in [0, 0.1) is 11.7 Å². The normalized spacial score (nSPS) is 23.1. The molecule has 4 atom stereocenters. The van der Waals surface area contributed by atoms with Crippen LogP contribution in [0.4, 0.5) is 10.3 Å². The van der Waals surface area contributed by atoms with E-state index >= 15 is 4.39 Å². The number of aliphatic hydroxyl groups is 4. The minimum Gasteiger partial charge on any atom is -0.493 e. The second-order valence-electron chi connectivity index (χ2n) is 12.7. The molecule has 14 heteroatoms. The average molecular weight is 666 g/mol. The highest BCUT2D eigenvalue weighted by atomic mass is 35.5. The average Bonchev–Trinajstić information content (AvgIpc) is 3.44. The number of anilines is 1. The summed E-state index contributed by atoms with van der Waals surface area (Å²) >= 11 is 5.89. The molecule has 1 amide bonds. The summed E-state index contributed by atoms with van der Waals surface area (Å²) in [6.45, 7) is 3.84. The third-order valence-electron chi connectivity index (χ3n) is 9.31. The van der Waals surface area contributed by atoms with Gasteiger partial charge in [-0.2, -0.15) is 0 Å². The molecule has 1 aromatic heterocycles. The lowest BCUT2D eigenvalue weighted by atomic mass is 9.92. The third-order valence-corrected chi connectivity index (χ3v) is 9.51. The van der Waals surface area contributed by atoms with Crippen LogP contribution in [0.25, 0.3) is 0 Å². The molecule has 1 unspecified atom stereocenters. The minimum atomic E-state index is -1.47. The predicted molar refractivity (Wildman–Crippen MR) is 168 cm³/mol. The number of carbonyl (C=O) groups is 1. The Bertz CT molecular complexity index is 1290. The molecule has 4 heterocycles. The summed E-state index contributed by atoms with van der Waals surface area (Å²) in [5, 5.41) is 39.4. The van der Waals surface area contributed by atoms with Crippen molar-refractivity contribution in [2.45, 2.75) is 62.4 Å². The maximum Gasteiger partial charge on any atom is 0.227 e. The van der Waals surface area contributed by atoms with E-state index in [1.165, 1.54) is 6.07 Å². The standard InChI is InChI=1S/C32H45ClFN5O7/c33-24-16-35-31(36-17-24)38-8-5-22(6-9-38)2-1-12-45-25-4-3-23(26(34)15-25)14-29(43)39-11-13-46-32(21-39)7-10-37(20-32)18-27(41)30(44)28(42)19-40/h3-4,15-17,22,27-28,30,40-42,44H,1-2,5-14,18-21H2/t27-,28+,30-,32?/m0/s1. The molecule has 12 nitrogen and oxygen atoms in total. The molecule has 2 aromatic rings. The van der Waals surface area contributed by atoms with Gasteiger partial charge < -0.3 is 39.7 Å². The van der Waals surface area contributed by atoms with Crippen molar-refractivity contribution in [1.82, 2.24) is 19.8 Å². The molecule has 3 aliphatic rings. The molecular weight excluding hydrogens is 621 g/mol. The molecule has 5 rings (SSSR count). The number of piperidine rings is 1. The molecule has 46 heavy (non-hydrogen) atoms. The first kappa shape index (κ1) is 34.7. The minimum absolute atomic E-state index is 0.0738. The topological polar surface area (TPSA) is 152 Å². The van der Waals surface area contributed by atoms with Gasteiger partial charge in [0, 0.05) is 45.3 Å². The lowest BCUT2D eigenvalue weighted by Crippen LogP contribution is -2.55. The van der Waals surface area contributed by atoms with Gasteiger partial charge in [-0.05, 0) is 49.7 Å². The highest BCUT2D eigenvalue weighted by Crippen LogP contribution is 2.30. The summed E-state index contributed by atoms with van der Waals surface area (Å²) < 4.78 is 26.9. The number of halogens is 2. The Kier molecular flexibility index (Phi) is 12.0. The summed E-state index contributed by atoms with van der Waals surface area (Å²) in [5.74, 6) is 1.08. The molecule has 3 aliphatic heterocycles. The largest absolute Gasteiger partial charge is 0.493 e. The SMILES string of the molecule is O=C(Cc1ccc(OCCCC2CCN(c3ncc(Cl)cn3)CC2)cc1F)N1CCOC2(CCN(C[C@H](O)[C@H](O)[C@H](O)CO)C2)C1. The van der Waals surface area contributed by atoms with Gasteiger partial charge in [-0.15, -0.1) is 0 Å². The lowest BCUT2D eigenvalue weighted by molar-refractivity contribution is -0.148. The van der Waals surface area contributed by atoms with E-state index in [-0.39, 0.29) is 18.9 Å². The van der Waals surface area contributed by atoms with Crippen LogP contribution in [0.3, 0.4) is 0 Å². The van der Waals surface area contributed by atoms with Crippen molar-refractivity contribution in [3.63, 3.8) is 0 Å². The summed E-state index contributed by atoms with van der Waals surface area (Å²) in [5.41, 5.74) is -0.311. The van der Waals surface area contributed by atoms with Gasteiger partial charge in [-0.3, -0.25) is 9.69 Å². The molecule has 1 spiro atoms. The first-order valence-electron chi connectivity index (χ1n) is 16.1. The van der Waals surface area contributed by atoms with Gasteiger partial charge in [0.25, 0.3) is 0 Å². The van der Waals surface area contributed by atoms with Crippen molar-refractivity contribution in [2.75, 3.05) is 70.5 Å². The summed E-state index contributed by atoms with van der Waals surface area (Å²) in [6.07, 6.45) is 3.64. The number of hydrogen-bond donors (Lipinski definition) is 4. The van der Waals surface area contributed by atoms with Crippen molar-refractivity contribution in [1.29, 1.82) is 0 Å². The number of likely N-dealkylation sites (tertiary alicyclic amines) is 1. The van der Waals surface area contributed by atoms with Crippen LogP contribution < -0.4 is 9.64 Å². The van der Waals surface area contributed by atoms with E-state index < -0.39 is 36.3 Å². The highest BCUT2D eigenvalue weighted by Gasteiger charge is 2.44. The number of hydrogen-bond acceptors (Lipinski definition) is 11. The highest BCUT2D eigenvalue weighted by molar-refractivity contribution is 6.30. The third kappa shape index (κ3) is 9.03. The number of nitrogens with zero attached hydrogens (tertiary/aromatic N) is 5. The van der Waals surface area contributed by atoms with Crippen LogP contribution in [0.15, 0.2) is 30.6 Å². The maximum atomic E-state index is 15.0. The number of ether oxygens (including phenoxy) is 2. The second-order valence-corrected chi connectivity index (χ2v) is 13.1. The van der Waals surface area contributed by atoms with Crippen LogP contribution in [-0.4, -0.2) is 136 Å². The zero-order chi connectivity index (χ0) is 32.7. The Balaban J connectivity index is 1.02. The Morgan fingerprint density at radius 2 is 1.87 bits per heavy atom. The van der Waals surface area contributed by atoms with Crippen molar-refractivity contribution in [2.24, 2.45) is 5.92 Å².